The second-order valence-corrected chi connectivity index (χ2v) is 5.51. The molecule has 2 N–H and O–H groups in total. The number of amides is 3. The molecule has 2 bridgehead atoms. The van der Waals surface area contributed by atoms with E-state index in [0.29, 0.717) is 5.92 Å². The Labute approximate surface area is 100 Å². The fourth-order valence-electron chi connectivity index (χ4n) is 2.84. The van der Waals surface area contributed by atoms with Gasteiger partial charge in [-0.15, -0.1) is 11.6 Å². The molecule has 0 aromatic rings. The number of rotatable bonds is 2. The highest BCUT2D eigenvalue weighted by molar-refractivity contribution is 6.31. The van der Waals surface area contributed by atoms with Gasteiger partial charge < -0.3 is 5.32 Å². The van der Waals surface area contributed by atoms with E-state index in [1.165, 1.54) is 19.3 Å². The average molecular weight is 245 g/mol. The monoisotopic (exact) mass is 244 g/mol. The van der Waals surface area contributed by atoms with Crippen molar-refractivity contribution in [2.45, 2.75) is 44.0 Å². The van der Waals surface area contributed by atoms with Gasteiger partial charge in [0.2, 0.25) is 5.91 Å². The van der Waals surface area contributed by atoms with Crippen molar-refractivity contribution < 1.29 is 9.59 Å². The van der Waals surface area contributed by atoms with Gasteiger partial charge in [-0.2, -0.15) is 0 Å². The minimum Gasteiger partial charge on any atom is -0.335 e. The van der Waals surface area contributed by atoms with E-state index in [1.54, 1.807) is 6.92 Å². The molecule has 0 aromatic heterocycles. The quantitative estimate of drug-likeness (QED) is 0.726. The first-order chi connectivity index (χ1) is 7.56. The molecule has 4 unspecified atom stereocenters. The molecule has 3 amide bonds. The maximum absolute atomic E-state index is 11.5. The van der Waals surface area contributed by atoms with Crippen molar-refractivity contribution in [2.24, 2.45) is 11.8 Å². The number of urea groups is 1. The number of carbonyl (C=O) groups is 2. The number of fused-ring (bicyclic) bond motifs is 2. The number of halogens is 1. The Kier molecular flexibility index (Phi) is 3.38. The van der Waals surface area contributed by atoms with Crippen molar-refractivity contribution in [1.82, 2.24) is 10.6 Å². The molecular formula is C11H17ClN2O2. The summed E-state index contributed by atoms with van der Waals surface area (Å²) in [7, 11) is 0. The van der Waals surface area contributed by atoms with Crippen LogP contribution in [0.3, 0.4) is 0 Å². The molecule has 2 rings (SSSR count). The summed E-state index contributed by atoms with van der Waals surface area (Å²) in [5, 5.41) is 4.44. The number of carbonyl (C=O) groups excluding carboxylic acids is 2. The zero-order chi connectivity index (χ0) is 11.7. The molecule has 5 heteroatoms. The molecule has 90 valence electrons. The van der Waals surface area contributed by atoms with Gasteiger partial charge in [-0.3, -0.25) is 10.1 Å². The van der Waals surface area contributed by atoms with Crippen molar-refractivity contribution in [1.29, 1.82) is 0 Å². The van der Waals surface area contributed by atoms with E-state index < -0.39 is 17.3 Å². The Morgan fingerprint density at radius 1 is 1.31 bits per heavy atom. The van der Waals surface area contributed by atoms with E-state index in [2.05, 4.69) is 10.6 Å². The molecule has 0 heterocycles. The lowest BCUT2D eigenvalue weighted by Crippen LogP contribution is -2.47. The molecule has 0 saturated heterocycles. The lowest BCUT2D eigenvalue weighted by Gasteiger charge is -2.22. The van der Waals surface area contributed by atoms with Crippen LogP contribution in [-0.2, 0) is 4.79 Å². The fourth-order valence-corrected chi connectivity index (χ4v) is 2.89. The van der Waals surface area contributed by atoms with Crippen molar-refractivity contribution in [3.05, 3.63) is 0 Å². The Morgan fingerprint density at radius 3 is 2.56 bits per heavy atom. The summed E-state index contributed by atoms with van der Waals surface area (Å²) in [5.74, 6) is 0.944. The normalized spacial score (nSPS) is 33.5. The summed E-state index contributed by atoms with van der Waals surface area (Å²) in [4.78, 5) is 22.7. The van der Waals surface area contributed by atoms with E-state index in [-0.39, 0.29) is 6.04 Å². The molecule has 2 fully saturated rings. The Morgan fingerprint density at radius 2 is 2.06 bits per heavy atom. The zero-order valence-corrected chi connectivity index (χ0v) is 10.1. The van der Waals surface area contributed by atoms with Gasteiger partial charge in [-0.05, 0) is 38.0 Å². The minimum absolute atomic E-state index is 0.247. The minimum atomic E-state index is -0.675. The highest BCUT2D eigenvalue weighted by Crippen LogP contribution is 2.44. The summed E-state index contributed by atoms with van der Waals surface area (Å²) in [5.41, 5.74) is 0. The van der Waals surface area contributed by atoms with Gasteiger partial charge in [-0.1, -0.05) is 6.42 Å². The molecule has 4 atom stereocenters. The topological polar surface area (TPSA) is 58.2 Å². The van der Waals surface area contributed by atoms with Crippen LogP contribution in [0.15, 0.2) is 0 Å². The van der Waals surface area contributed by atoms with E-state index >= 15 is 0 Å². The van der Waals surface area contributed by atoms with Crippen LogP contribution in [0.25, 0.3) is 0 Å². The Balaban J connectivity index is 1.78. The van der Waals surface area contributed by atoms with Gasteiger partial charge in [0, 0.05) is 6.04 Å². The Hall–Kier alpha value is -0.770. The first-order valence-electron chi connectivity index (χ1n) is 5.81. The second-order valence-electron chi connectivity index (χ2n) is 4.86. The van der Waals surface area contributed by atoms with Gasteiger partial charge in [-0.25, -0.2) is 4.79 Å². The van der Waals surface area contributed by atoms with Gasteiger partial charge in [0.25, 0.3) is 0 Å². The third-order valence-corrected chi connectivity index (χ3v) is 3.85. The van der Waals surface area contributed by atoms with E-state index in [4.69, 9.17) is 11.6 Å². The number of imide groups is 1. The fraction of sp³-hybridized carbons (Fsp3) is 0.818. The first-order valence-corrected chi connectivity index (χ1v) is 6.25. The molecule has 0 radical (unpaired) electrons. The lowest BCUT2D eigenvalue weighted by atomic mass is 9.95. The highest BCUT2D eigenvalue weighted by atomic mass is 35.5. The summed E-state index contributed by atoms with van der Waals surface area (Å²) >= 11 is 5.56. The van der Waals surface area contributed by atoms with Gasteiger partial charge in [0.1, 0.15) is 5.38 Å². The van der Waals surface area contributed by atoms with Crippen LogP contribution in [-0.4, -0.2) is 23.4 Å². The van der Waals surface area contributed by atoms with E-state index in [0.717, 1.165) is 12.3 Å². The van der Waals surface area contributed by atoms with Crippen LogP contribution in [0.2, 0.25) is 0 Å². The maximum atomic E-state index is 11.5. The standard InChI is InChI=1S/C11H17ClN2O2/c1-6(12)10(15)14-11(16)13-9-5-7-2-3-8(9)4-7/h6-9H,2-5H2,1H3,(H2,13,14,15,16). The lowest BCUT2D eigenvalue weighted by molar-refractivity contribution is -0.119. The van der Waals surface area contributed by atoms with Crippen LogP contribution < -0.4 is 10.6 Å². The third kappa shape index (κ3) is 2.48. The van der Waals surface area contributed by atoms with Gasteiger partial charge >= 0.3 is 6.03 Å². The van der Waals surface area contributed by atoms with E-state index in [1.807, 2.05) is 0 Å². The molecule has 2 aliphatic carbocycles. The molecule has 0 aromatic carbocycles. The third-order valence-electron chi connectivity index (χ3n) is 3.65. The molecule has 2 saturated carbocycles. The summed E-state index contributed by atoms with van der Waals surface area (Å²) < 4.78 is 0. The van der Waals surface area contributed by atoms with Crippen LogP contribution >= 0.6 is 11.6 Å². The largest absolute Gasteiger partial charge is 0.335 e. The van der Waals surface area contributed by atoms with Crippen molar-refractivity contribution in [3.8, 4) is 0 Å². The molecule has 0 aliphatic heterocycles. The first kappa shape index (κ1) is 11.7. The van der Waals surface area contributed by atoms with Crippen LogP contribution in [0.1, 0.15) is 32.6 Å². The Bertz CT molecular complexity index is 306. The van der Waals surface area contributed by atoms with Gasteiger partial charge in [0.05, 0.1) is 0 Å². The van der Waals surface area contributed by atoms with Gasteiger partial charge in [0.15, 0.2) is 0 Å². The predicted molar refractivity (Wildman–Crippen MR) is 61.2 cm³/mol. The molecule has 16 heavy (non-hydrogen) atoms. The van der Waals surface area contributed by atoms with Crippen LogP contribution in [0.5, 0.6) is 0 Å². The number of alkyl halides is 1. The van der Waals surface area contributed by atoms with Crippen LogP contribution in [0.4, 0.5) is 4.79 Å². The zero-order valence-electron chi connectivity index (χ0n) is 9.33. The molecular weight excluding hydrogens is 228 g/mol. The highest BCUT2D eigenvalue weighted by Gasteiger charge is 2.40. The summed E-state index contributed by atoms with van der Waals surface area (Å²) in [6, 6.07) is -0.160. The number of nitrogens with one attached hydrogen (secondary N) is 2. The second kappa shape index (κ2) is 4.62. The van der Waals surface area contributed by atoms with Crippen LogP contribution in [0, 0.1) is 11.8 Å². The van der Waals surface area contributed by atoms with Crippen molar-refractivity contribution in [3.63, 3.8) is 0 Å². The van der Waals surface area contributed by atoms with Crippen molar-refractivity contribution in [2.75, 3.05) is 0 Å². The molecule has 0 spiro atoms. The predicted octanol–water partition coefficient (Wildman–Crippen LogP) is 1.63. The summed E-state index contributed by atoms with van der Waals surface area (Å²) in [6.07, 6.45) is 4.78. The molecule has 4 nitrogen and oxygen atoms in total. The maximum Gasteiger partial charge on any atom is 0.321 e. The smallest absolute Gasteiger partial charge is 0.321 e. The SMILES string of the molecule is CC(Cl)C(=O)NC(=O)NC1CC2CCC1C2. The van der Waals surface area contributed by atoms with E-state index in [9.17, 15) is 9.59 Å². The molecule has 2 aliphatic rings. The number of hydrogen-bond acceptors (Lipinski definition) is 2. The summed E-state index contributed by atoms with van der Waals surface area (Å²) in [6.45, 7) is 1.54. The average Bonchev–Trinajstić information content (AvgIpc) is 2.78. The van der Waals surface area contributed by atoms with Crippen molar-refractivity contribution >= 4 is 23.5 Å². The number of hydrogen-bond donors (Lipinski definition) is 2.